The summed E-state index contributed by atoms with van der Waals surface area (Å²) in [5, 5.41) is 4.87. The first-order chi connectivity index (χ1) is 15.1. The molecule has 6 heteroatoms. The maximum atomic E-state index is 13.2. The second-order valence-corrected chi connectivity index (χ2v) is 8.28. The van der Waals surface area contributed by atoms with Gasteiger partial charge in [0.15, 0.2) is 5.82 Å². The van der Waals surface area contributed by atoms with Crippen molar-refractivity contribution in [2.75, 3.05) is 0 Å². The number of rotatable bonds is 5. The average molecular weight is 415 g/mol. The predicted octanol–water partition coefficient (Wildman–Crippen LogP) is 3.88. The van der Waals surface area contributed by atoms with Crippen LogP contribution in [0.25, 0.3) is 33.3 Å². The molecule has 0 fully saturated rings. The first-order valence-corrected chi connectivity index (χ1v) is 11.0. The molecule has 2 aromatic heterocycles. The van der Waals surface area contributed by atoms with Crippen LogP contribution < -0.4 is 10.9 Å². The van der Waals surface area contributed by atoms with Crippen LogP contribution in [0.4, 0.5) is 0 Å². The van der Waals surface area contributed by atoms with Gasteiger partial charge in [-0.25, -0.2) is 4.98 Å². The number of carbonyl (C=O) groups is 1. The molecule has 1 unspecified atom stereocenters. The minimum absolute atomic E-state index is 0.00225. The smallest absolute Gasteiger partial charge is 0.261 e. The summed E-state index contributed by atoms with van der Waals surface area (Å²) in [5.74, 6) is 0.740. The molecule has 6 nitrogen and oxygen atoms in total. The molecule has 3 heterocycles. The van der Waals surface area contributed by atoms with E-state index in [1.807, 2.05) is 43.3 Å². The molecule has 0 saturated heterocycles. The topological polar surface area (TPSA) is 68.9 Å². The van der Waals surface area contributed by atoms with Crippen LogP contribution >= 0.6 is 0 Å². The molecule has 1 amide bonds. The van der Waals surface area contributed by atoms with Crippen molar-refractivity contribution in [3.63, 3.8) is 0 Å². The predicted molar refractivity (Wildman–Crippen MR) is 123 cm³/mol. The number of nitrogens with one attached hydrogen (secondary N) is 1. The highest BCUT2D eigenvalue weighted by atomic mass is 16.1. The van der Waals surface area contributed by atoms with Crippen LogP contribution in [0.5, 0.6) is 0 Å². The van der Waals surface area contributed by atoms with E-state index in [1.165, 1.54) is 10.9 Å². The van der Waals surface area contributed by atoms with Crippen LogP contribution in [0.2, 0.25) is 0 Å². The molecule has 5 rings (SSSR count). The third-order valence-electron chi connectivity index (χ3n) is 6.32. The van der Waals surface area contributed by atoms with Crippen molar-refractivity contribution in [3.8, 4) is 11.5 Å². The summed E-state index contributed by atoms with van der Waals surface area (Å²) in [4.78, 5) is 30.6. The third kappa shape index (κ3) is 3.23. The molecule has 1 aliphatic rings. The fourth-order valence-electron chi connectivity index (χ4n) is 4.56. The molecule has 0 spiro atoms. The highest BCUT2D eigenvalue weighted by Gasteiger charge is 2.27. The second-order valence-electron chi connectivity index (χ2n) is 8.28. The summed E-state index contributed by atoms with van der Waals surface area (Å²) < 4.78 is 3.96. The van der Waals surface area contributed by atoms with Crippen LogP contribution in [0, 0.1) is 0 Å². The molecular weight excluding hydrogens is 388 g/mol. The molecule has 0 radical (unpaired) electrons. The lowest BCUT2D eigenvalue weighted by Gasteiger charge is -2.21. The Hall–Kier alpha value is -3.41. The lowest BCUT2D eigenvalue weighted by molar-refractivity contribution is -0.121. The Labute approximate surface area is 180 Å². The molecule has 0 aliphatic carbocycles. The summed E-state index contributed by atoms with van der Waals surface area (Å²) in [5.41, 5.74) is 3.96. The lowest BCUT2D eigenvalue weighted by Crippen LogP contribution is -2.32. The Kier molecular flexibility index (Phi) is 4.85. The van der Waals surface area contributed by atoms with Gasteiger partial charge in [-0.2, -0.15) is 0 Å². The van der Waals surface area contributed by atoms with Crippen molar-refractivity contribution < 1.29 is 4.79 Å². The van der Waals surface area contributed by atoms with Crippen molar-refractivity contribution >= 4 is 27.7 Å². The van der Waals surface area contributed by atoms with Crippen LogP contribution in [0.3, 0.4) is 0 Å². The van der Waals surface area contributed by atoms with E-state index >= 15 is 0 Å². The third-order valence-corrected chi connectivity index (χ3v) is 6.32. The summed E-state index contributed by atoms with van der Waals surface area (Å²) in [7, 11) is 0. The molecule has 31 heavy (non-hydrogen) atoms. The minimum Gasteiger partial charge on any atom is -0.354 e. The minimum atomic E-state index is -0.00225. The number of para-hydroxylation sites is 2. The zero-order valence-electron chi connectivity index (χ0n) is 17.9. The number of hydrogen-bond donors (Lipinski definition) is 1. The first kappa shape index (κ1) is 19.5. The number of aromatic nitrogens is 3. The number of nitrogens with zero attached hydrogens (tertiary/aromatic N) is 3. The Morgan fingerprint density at radius 3 is 2.68 bits per heavy atom. The van der Waals surface area contributed by atoms with Crippen molar-refractivity contribution in [2.24, 2.45) is 0 Å². The van der Waals surface area contributed by atoms with Crippen LogP contribution in [-0.2, 0) is 24.3 Å². The molecule has 158 valence electrons. The van der Waals surface area contributed by atoms with Gasteiger partial charge < -0.3 is 9.88 Å². The lowest BCUT2D eigenvalue weighted by atomic mass is 10.0. The number of hydrogen-bond acceptors (Lipinski definition) is 3. The van der Waals surface area contributed by atoms with E-state index in [1.54, 1.807) is 4.57 Å². The van der Waals surface area contributed by atoms with Gasteiger partial charge in [0.2, 0.25) is 5.91 Å². The van der Waals surface area contributed by atoms with Gasteiger partial charge >= 0.3 is 0 Å². The van der Waals surface area contributed by atoms with E-state index in [2.05, 4.69) is 28.9 Å². The number of amides is 1. The van der Waals surface area contributed by atoms with E-state index in [4.69, 9.17) is 4.98 Å². The fraction of sp³-hybridized carbons (Fsp3) is 0.320. The van der Waals surface area contributed by atoms with Gasteiger partial charge in [0.1, 0.15) is 0 Å². The molecule has 1 aliphatic heterocycles. The normalized spacial score (nSPS) is 13.7. The van der Waals surface area contributed by atoms with E-state index in [-0.39, 0.29) is 17.5 Å². The first-order valence-electron chi connectivity index (χ1n) is 11.0. The van der Waals surface area contributed by atoms with Gasteiger partial charge in [0.25, 0.3) is 5.56 Å². The standard InChI is InChI=1S/C25H26N4O2/c1-3-16(2)26-22(30)13-15-28-21-11-7-5-8-17(21)18-12-14-29-24(23(18)28)27-20-10-6-4-9-19(20)25(29)31/h4-11,16H,3,12-15H2,1-2H3,(H,26,30). The van der Waals surface area contributed by atoms with Crippen molar-refractivity contribution in [1.82, 2.24) is 19.4 Å². The van der Waals surface area contributed by atoms with Gasteiger partial charge in [-0.05, 0) is 43.5 Å². The molecule has 1 N–H and O–H groups in total. The summed E-state index contributed by atoms with van der Waals surface area (Å²) in [6, 6.07) is 15.9. The number of carbonyl (C=O) groups excluding carboxylic acids is 1. The van der Waals surface area contributed by atoms with Gasteiger partial charge in [0, 0.05) is 36.5 Å². The largest absolute Gasteiger partial charge is 0.354 e. The van der Waals surface area contributed by atoms with Crippen LogP contribution in [0.1, 0.15) is 32.3 Å². The van der Waals surface area contributed by atoms with Crippen LogP contribution in [-0.4, -0.2) is 26.1 Å². The Morgan fingerprint density at radius 1 is 1.13 bits per heavy atom. The summed E-state index contributed by atoms with van der Waals surface area (Å²) in [6.07, 6.45) is 2.06. The molecular formula is C25H26N4O2. The van der Waals surface area contributed by atoms with E-state index in [9.17, 15) is 9.59 Å². The van der Waals surface area contributed by atoms with Crippen molar-refractivity contribution in [2.45, 2.75) is 52.2 Å². The maximum absolute atomic E-state index is 13.2. The molecule has 1 atom stereocenters. The van der Waals surface area contributed by atoms with Crippen molar-refractivity contribution in [1.29, 1.82) is 0 Å². The Balaban J connectivity index is 1.66. The summed E-state index contributed by atoms with van der Waals surface area (Å²) >= 11 is 0. The second kappa shape index (κ2) is 7.69. The highest BCUT2D eigenvalue weighted by molar-refractivity contribution is 5.92. The van der Waals surface area contributed by atoms with Gasteiger partial charge in [0.05, 0.1) is 16.6 Å². The fourth-order valence-corrected chi connectivity index (χ4v) is 4.56. The number of aryl methyl sites for hydroxylation is 2. The summed E-state index contributed by atoms with van der Waals surface area (Å²) in [6.45, 7) is 5.23. The average Bonchev–Trinajstić information content (AvgIpc) is 3.12. The zero-order chi connectivity index (χ0) is 21.5. The van der Waals surface area contributed by atoms with Gasteiger partial charge in [-0.3, -0.25) is 14.2 Å². The SMILES string of the molecule is CCC(C)NC(=O)CCn1c2c(c3ccccc31)CCn1c-2nc2ccccc2c1=O. The Morgan fingerprint density at radius 2 is 1.87 bits per heavy atom. The van der Waals surface area contributed by atoms with E-state index in [0.29, 0.717) is 36.2 Å². The van der Waals surface area contributed by atoms with Crippen LogP contribution in [0.15, 0.2) is 53.3 Å². The van der Waals surface area contributed by atoms with E-state index in [0.717, 1.165) is 24.1 Å². The van der Waals surface area contributed by atoms with Gasteiger partial charge in [-0.1, -0.05) is 37.3 Å². The van der Waals surface area contributed by atoms with Crippen molar-refractivity contribution in [3.05, 3.63) is 64.4 Å². The molecule has 0 bridgehead atoms. The highest BCUT2D eigenvalue weighted by Crippen LogP contribution is 2.36. The number of fused-ring (bicyclic) bond motifs is 6. The quantitative estimate of drug-likeness (QED) is 0.539. The maximum Gasteiger partial charge on any atom is 0.261 e. The molecule has 4 aromatic rings. The Bertz CT molecular complexity index is 1370. The monoisotopic (exact) mass is 414 g/mol. The van der Waals surface area contributed by atoms with E-state index < -0.39 is 0 Å². The number of benzene rings is 2. The molecule has 2 aromatic carbocycles. The molecule has 0 saturated carbocycles. The van der Waals surface area contributed by atoms with Gasteiger partial charge in [-0.15, -0.1) is 0 Å². The zero-order valence-corrected chi connectivity index (χ0v) is 17.9.